The van der Waals surface area contributed by atoms with Crippen molar-refractivity contribution in [2.75, 3.05) is 16.8 Å². The summed E-state index contributed by atoms with van der Waals surface area (Å²) in [5.74, 6) is 2.69. The molecule has 3 atom stereocenters. The van der Waals surface area contributed by atoms with Gasteiger partial charge in [-0.3, -0.25) is 0 Å². The molecule has 0 N–H and O–H groups in total. The first-order valence-corrected chi connectivity index (χ1v) is 13.6. The molecule has 3 aliphatic rings. The molecule has 3 aromatic rings. The lowest BCUT2D eigenvalue weighted by atomic mass is 9.47. The van der Waals surface area contributed by atoms with E-state index < -0.39 is 0 Å². The predicted molar refractivity (Wildman–Crippen MR) is 150 cm³/mol. The molecule has 6 rings (SSSR count). The first-order chi connectivity index (χ1) is 17.3. The van der Waals surface area contributed by atoms with Gasteiger partial charge in [-0.15, -0.1) is 0 Å². The number of allylic oxidation sites excluding steroid dienone is 1. The van der Waals surface area contributed by atoms with Crippen molar-refractivity contribution in [1.29, 1.82) is 0 Å². The quantitative estimate of drug-likeness (QED) is 0.349. The first-order valence-electron chi connectivity index (χ1n) is 13.6. The Labute approximate surface area is 216 Å². The minimum Gasteiger partial charge on any atom is -0.336 e. The minimum absolute atomic E-state index is 0.0324. The van der Waals surface area contributed by atoms with Crippen LogP contribution in [0.3, 0.4) is 0 Å². The molecule has 3 unspecified atom stereocenters. The number of hydrogen-bond donors (Lipinski definition) is 0. The van der Waals surface area contributed by atoms with Crippen molar-refractivity contribution in [2.24, 2.45) is 5.41 Å². The third-order valence-corrected chi connectivity index (χ3v) is 9.30. The fourth-order valence-electron chi connectivity index (χ4n) is 7.45. The second-order valence-corrected chi connectivity index (χ2v) is 11.4. The van der Waals surface area contributed by atoms with E-state index >= 15 is 0 Å². The van der Waals surface area contributed by atoms with Crippen LogP contribution in [0.1, 0.15) is 82.9 Å². The molecule has 1 aromatic heterocycles. The number of para-hydroxylation sites is 1. The summed E-state index contributed by atoms with van der Waals surface area (Å²) in [6, 6.07) is 15.7. The van der Waals surface area contributed by atoms with Gasteiger partial charge in [0.1, 0.15) is 11.9 Å². The van der Waals surface area contributed by atoms with Gasteiger partial charge in [0, 0.05) is 29.1 Å². The van der Waals surface area contributed by atoms with Crippen molar-refractivity contribution in [1.82, 2.24) is 9.97 Å². The van der Waals surface area contributed by atoms with Gasteiger partial charge in [-0.25, -0.2) is 9.97 Å². The molecule has 3 heterocycles. The van der Waals surface area contributed by atoms with Crippen molar-refractivity contribution >= 4 is 17.2 Å². The Morgan fingerprint density at radius 1 is 0.861 bits per heavy atom. The van der Waals surface area contributed by atoms with Crippen molar-refractivity contribution in [3.05, 3.63) is 77.5 Å². The molecule has 0 fully saturated rings. The molecule has 0 saturated heterocycles. The summed E-state index contributed by atoms with van der Waals surface area (Å²) >= 11 is 0. The van der Waals surface area contributed by atoms with E-state index in [1.54, 1.807) is 0 Å². The molecule has 2 aliphatic heterocycles. The summed E-state index contributed by atoms with van der Waals surface area (Å²) < 4.78 is 0. The van der Waals surface area contributed by atoms with Gasteiger partial charge < -0.3 is 9.80 Å². The molecule has 4 nitrogen and oxygen atoms in total. The fourth-order valence-corrected chi connectivity index (χ4v) is 7.45. The molecule has 36 heavy (non-hydrogen) atoms. The summed E-state index contributed by atoms with van der Waals surface area (Å²) in [7, 11) is 2.23. The van der Waals surface area contributed by atoms with Gasteiger partial charge in [-0.05, 0) is 47.4 Å². The number of aromatic nitrogens is 2. The van der Waals surface area contributed by atoms with E-state index in [1.807, 2.05) is 0 Å². The standard InChI is InChI=1S/C32H38N4/c1-8-31-17-18-32(31,9-2)30-35(7)29-26(36(30)25-16-11-10-15-24(25)31)19-33-28(34-29)27-22(20(3)4)13-12-14-23(27)21(5)6/h10-21,30H,8-9H2,1-7H3. The van der Waals surface area contributed by atoms with Crippen LogP contribution in [0.15, 0.2) is 60.8 Å². The number of benzene rings is 2. The van der Waals surface area contributed by atoms with Gasteiger partial charge in [0.2, 0.25) is 0 Å². The number of nitrogens with zero attached hydrogens (tertiary/aromatic N) is 4. The molecule has 1 aliphatic carbocycles. The zero-order valence-corrected chi connectivity index (χ0v) is 22.7. The maximum Gasteiger partial charge on any atom is 0.162 e. The summed E-state index contributed by atoms with van der Waals surface area (Å²) in [4.78, 5) is 15.3. The number of rotatable bonds is 5. The summed E-state index contributed by atoms with van der Waals surface area (Å²) in [5.41, 5.74) is 7.79. The second kappa shape index (κ2) is 7.93. The molecule has 0 saturated carbocycles. The van der Waals surface area contributed by atoms with Crippen molar-refractivity contribution in [3.63, 3.8) is 0 Å². The Morgan fingerprint density at radius 3 is 2.14 bits per heavy atom. The van der Waals surface area contributed by atoms with Crippen molar-refractivity contribution in [3.8, 4) is 11.4 Å². The van der Waals surface area contributed by atoms with Crippen LogP contribution >= 0.6 is 0 Å². The highest BCUT2D eigenvalue weighted by atomic mass is 15.5. The highest BCUT2D eigenvalue weighted by Gasteiger charge is 2.65. The molecule has 0 bridgehead atoms. The monoisotopic (exact) mass is 478 g/mol. The molecule has 4 heteroatoms. The van der Waals surface area contributed by atoms with Crippen LogP contribution in [0, 0.1) is 5.41 Å². The van der Waals surface area contributed by atoms with E-state index in [1.165, 1.54) is 27.9 Å². The van der Waals surface area contributed by atoms with Gasteiger partial charge in [0.25, 0.3) is 0 Å². The second-order valence-electron chi connectivity index (χ2n) is 11.4. The van der Waals surface area contributed by atoms with Crippen LogP contribution in [-0.2, 0) is 5.41 Å². The zero-order valence-electron chi connectivity index (χ0n) is 22.7. The maximum absolute atomic E-state index is 5.33. The SMILES string of the molecule is CCC12C=CC1(CC)C1N(C)c3nc(-c4c(C(C)C)cccc4C(C)C)ncc3N1c1ccccc12. The Kier molecular flexibility index (Phi) is 5.13. The lowest BCUT2D eigenvalue weighted by Gasteiger charge is -2.63. The zero-order chi connectivity index (χ0) is 25.4. The predicted octanol–water partition coefficient (Wildman–Crippen LogP) is 7.93. The van der Waals surface area contributed by atoms with Crippen LogP contribution in [0.25, 0.3) is 11.4 Å². The van der Waals surface area contributed by atoms with Crippen molar-refractivity contribution < 1.29 is 0 Å². The molecular weight excluding hydrogens is 440 g/mol. The Hall–Kier alpha value is -3.14. The summed E-state index contributed by atoms with van der Waals surface area (Å²) in [6.07, 6.45) is 9.39. The lowest BCUT2D eigenvalue weighted by molar-refractivity contribution is 0.120. The van der Waals surface area contributed by atoms with Crippen LogP contribution in [-0.4, -0.2) is 23.2 Å². The number of fused-ring (bicyclic) bond motifs is 8. The van der Waals surface area contributed by atoms with Gasteiger partial charge in [0.15, 0.2) is 11.6 Å². The lowest BCUT2D eigenvalue weighted by Crippen LogP contribution is -2.66. The summed E-state index contributed by atoms with van der Waals surface area (Å²) in [6.45, 7) is 13.7. The number of hydrogen-bond acceptors (Lipinski definition) is 4. The first kappa shape index (κ1) is 23.3. The van der Waals surface area contributed by atoms with E-state index in [-0.39, 0.29) is 17.0 Å². The van der Waals surface area contributed by atoms with Gasteiger partial charge >= 0.3 is 0 Å². The van der Waals surface area contributed by atoms with Crippen LogP contribution < -0.4 is 9.80 Å². The number of anilines is 3. The van der Waals surface area contributed by atoms with Crippen LogP contribution in [0.5, 0.6) is 0 Å². The average molecular weight is 479 g/mol. The highest BCUT2D eigenvalue weighted by molar-refractivity contribution is 5.87. The van der Waals surface area contributed by atoms with Crippen molar-refractivity contribution in [2.45, 2.75) is 77.8 Å². The molecular formula is C32H38N4. The topological polar surface area (TPSA) is 32.3 Å². The summed E-state index contributed by atoms with van der Waals surface area (Å²) in [5, 5.41) is 0. The van der Waals surface area contributed by atoms with E-state index in [2.05, 4.69) is 119 Å². The Balaban J connectivity index is 1.58. The van der Waals surface area contributed by atoms with E-state index in [0.717, 1.165) is 30.2 Å². The molecule has 186 valence electrons. The fraction of sp³-hybridized carbons (Fsp3) is 0.438. The third kappa shape index (κ3) is 2.70. The van der Waals surface area contributed by atoms with Gasteiger partial charge in [-0.1, -0.05) is 90.1 Å². The van der Waals surface area contributed by atoms with E-state index in [0.29, 0.717) is 11.8 Å². The van der Waals surface area contributed by atoms with Gasteiger partial charge in [-0.2, -0.15) is 0 Å². The maximum atomic E-state index is 5.33. The normalized spacial score (nSPS) is 25.5. The van der Waals surface area contributed by atoms with E-state index in [4.69, 9.17) is 9.97 Å². The largest absolute Gasteiger partial charge is 0.336 e. The smallest absolute Gasteiger partial charge is 0.162 e. The Morgan fingerprint density at radius 2 is 1.56 bits per heavy atom. The Bertz CT molecular complexity index is 1350. The molecule has 2 aromatic carbocycles. The third-order valence-electron chi connectivity index (χ3n) is 9.30. The van der Waals surface area contributed by atoms with E-state index in [9.17, 15) is 0 Å². The average Bonchev–Trinajstić information content (AvgIpc) is 3.16. The minimum atomic E-state index is 0.0324. The van der Waals surface area contributed by atoms with Crippen LogP contribution in [0.4, 0.5) is 17.2 Å². The highest BCUT2D eigenvalue weighted by Crippen LogP contribution is 2.67. The molecule has 0 spiro atoms. The molecule has 0 radical (unpaired) electrons. The van der Waals surface area contributed by atoms with Crippen LogP contribution in [0.2, 0.25) is 0 Å². The van der Waals surface area contributed by atoms with Gasteiger partial charge in [0.05, 0.1) is 6.20 Å². The molecule has 0 amide bonds.